The van der Waals surface area contributed by atoms with Crippen molar-refractivity contribution in [2.24, 2.45) is 5.73 Å². The molecule has 0 saturated carbocycles. The Labute approximate surface area is 116 Å². The van der Waals surface area contributed by atoms with Crippen LogP contribution in [0, 0.1) is 0 Å². The maximum absolute atomic E-state index is 11.7. The van der Waals surface area contributed by atoms with Crippen molar-refractivity contribution in [3.8, 4) is 11.1 Å². The number of aromatic nitrogens is 1. The fourth-order valence-corrected chi connectivity index (χ4v) is 2.38. The number of hydrogen-bond donors (Lipinski definition) is 1. The van der Waals surface area contributed by atoms with Crippen molar-refractivity contribution in [3.63, 3.8) is 0 Å². The first kappa shape index (κ1) is 12.3. The maximum Gasteiger partial charge on any atom is 0.250 e. The average Bonchev–Trinajstić information content (AvgIpc) is 2.74. The molecule has 0 unspecified atom stereocenters. The van der Waals surface area contributed by atoms with Gasteiger partial charge in [0.2, 0.25) is 11.8 Å². The second-order valence-corrected chi connectivity index (χ2v) is 4.80. The summed E-state index contributed by atoms with van der Waals surface area (Å²) in [7, 11) is 1.77. The van der Waals surface area contributed by atoms with Crippen LogP contribution >= 0.6 is 0 Å². The number of anilines is 1. The molecule has 100 valence electrons. The first-order chi connectivity index (χ1) is 9.56. The molecule has 0 bridgehead atoms. The summed E-state index contributed by atoms with van der Waals surface area (Å²) >= 11 is 0. The van der Waals surface area contributed by atoms with E-state index in [1.807, 2.05) is 18.2 Å². The largest absolute Gasteiger partial charge is 0.366 e. The van der Waals surface area contributed by atoms with E-state index in [0.29, 0.717) is 12.0 Å². The van der Waals surface area contributed by atoms with Gasteiger partial charge in [0.1, 0.15) is 0 Å². The lowest BCUT2D eigenvalue weighted by atomic mass is 10.0. The molecule has 0 saturated heterocycles. The molecule has 3 rings (SSSR count). The maximum atomic E-state index is 11.7. The minimum atomic E-state index is -0.504. The van der Waals surface area contributed by atoms with Crippen LogP contribution < -0.4 is 10.6 Å². The molecule has 1 aliphatic heterocycles. The number of fused-ring (bicyclic) bond motifs is 1. The van der Waals surface area contributed by atoms with Gasteiger partial charge in [-0.3, -0.25) is 14.6 Å². The highest BCUT2D eigenvalue weighted by atomic mass is 16.2. The topological polar surface area (TPSA) is 76.3 Å². The number of carbonyl (C=O) groups is 2. The third-order valence-electron chi connectivity index (χ3n) is 3.51. The number of amides is 2. The van der Waals surface area contributed by atoms with E-state index in [1.54, 1.807) is 24.2 Å². The number of nitrogens with two attached hydrogens (primary N) is 1. The van der Waals surface area contributed by atoms with Gasteiger partial charge in [-0.15, -0.1) is 0 Å². The van der Waals surface area contributed by atoms with Crippen LogP contribution in [0.1, 0.15) is 15.9 Å². The van der Waals surface area contributed by atoms with Gasteiger partial charge in [-0.25, -0.2) is 0 Å². The Morgan fingerprint density at radius 3 is 2.80 bits per heavy atom. The van der Waals surface area contributed by atoms with E-state index in [0.717, 1.165) is 22.4 Å². The monoisotopic (exact) mass is 267 g/mol. The van der Waals surface area contributed by atoms with Crippen LogP contribution in [0.25, 0.3) is 11.1 Å². The summed E-state index contributed by atoms with van der Waals surface area (Å²) in [4.78, 5) is 28.5. The summed E-state index contributed by atoms with van der Waals surface area (Å²) in [5, 5.41) is 0. The van der Waals surface area contributed by atoms with E-state index in [4.69, 9.17) is 5.73 Å². The first-order valence-electron chi connectivity index (χ1n) is 6.21. The van der Waals surface area contributed by atoms with Crippen LogP contribution in [-0.2, 0) is 11.2 Å². The highest BCUT2D eigenvalue weighted by molar-refractivity contribution is 6.01. The second-order valence-electron chi connectivity index (χ2n) is 4.80. The zero-order chi connectivity index (χ0) is 14.3. The Morgan fingerprint density at radius 1 is 1.25 bits per heavy atom. The molecule has 2 heterocycles. The number of pyridine rings is 1. The Kier molecular flexibility index (Phi) is 2.75. The Morgan fingerprint density at radius 2 is 2.05 bits per heavy atom. The van der Waals surface area contributed by atoms with Crippen molar-refractivity contribution in [1.29, 1.82) is 0 Å². The van der Waals surface area contributed by atoms with Crippen molar-refractivity contribution in [3.05, 3.63) is 47.8 Å². The summed E-state index contributed by atoms with van der Waals surface area (Å²) in [5.41, 5.74) is 9.27. The lowest BCUT2D eigenvalue weighted by molar-refractivity contribution is -0.117. The molecule has 0 atom stereocenters. The number of likely N-dealkylation sites (N-methyl/N-ethyl adjacent to an activating group) is 1. The first-order valence-corrected chi connectivity index (χ1v) is 6.21. The van der Waals surface area contributed by atoms with Gasteiger partial charge in [-0.1, -0.05) is 6.07 Å². The standard InChI is InChI=1S/C15H13N3O2/c1-18-13-3-2-9(4-10(13)6-14(18)19)11-5-12(15(16)20)8-17-7-11/h2-5,7-8H,6H2,1H3,(H2,16,20). The predicted molar refractivity (Wildman–Crippen MR) is 75.3 cm³/mol. The third-order valence-corrected chi connectivity index (χ3v) is 3.51. The van der Waals surface area contributed by atoms with Crippen LogP contribution in [0.5, 0.6) is 0 Å². The van der Waals surface area contributed by atoms with Crippen LogP contribution in [-0.4, -0.2) is 23.8 Å². The second kappa shape index (κ2) is 4.45. The molecule has 5 heteroatoms. The van der Waals surface area contributed by atoms with Crippen molar-refractivity contribution in [2.75, 3.05) is 11.9 Å². The summed E-state index contributed by atoms with van der Waals surface area (Å²) < 4.78 is 0. The molecule has 2 amide bonds. The fourth-order valence-electron chi connectivity index (χ4n) is 2.38. The quantitative estimate of drug-likeness (QED) is 0.892. The van der Waals surface area contributed by atoms with Gasteiger partial charge in [0.15, 0.2) is 0 Å². The van der Waals surface area contributed by atoms with Crippen LogP contribution in [0.4, 0.5) is 5.69 Å². The van der Waals surface area contributed by atoms with Gasteiger partial charge in [0, 0.05) is 30.7 Å². The number of rotatable bonds is 2. The Bertz CT molecular complexity index is 725. The van der Waals surface area contributed by atoms with E-state index in [9.17, 15) is 9.59 Å². The molecular formula is C15H13N3O2. The van der Waals surface area contributed by atoms with E-state index in [2.05, 4.69) is 4.98 Å². The molecule has 1 aromatic heterocycles. The predicted octanol–water partition coefficient (Wildman–Crippen LogP) is 1.37. The van der Waals surface area contributed by atoms with E-state index >= 15 is 0 Å². The average molecular weight is 267 g/mol. The summed E-state index contributed by atoms with van der Waals surface area (Å²) in [6, 6.07) is 7.48. The molecule has 2 aromatic rings. The molecule has 1 aliphatic rings. The van der Waals surface area contributed by atoms with Crippen LogP contribution in [0.2, 0.25) is 0 Å². The zero-order valence-corrected chi connectivity index (χ0v) is 11.0. The molecule has 0 spiro atoms. The highest BCUT2D eigenvalue weighted by Crippen LogP contribution is 2.31. The molecule has 1 aromatic carbocycles. The molecule has 20 heavy (non-hydrogen) atoms. The van der Waals surface area contributed by atoms with E-state index in [1.165, 1.54) is 6.20 Å². The summed E-state index contributed by atoms with van der Waals surface area (Å²) in [6.07, 6.45) is 3.52. The Hall–Kier alpha value is -2.69. The smallest absolute Gasteiger partial charge is 0.250 e. The van der Waals surface area contributed by atoms with Gasteiger partial charge in [0.05, 0.1) is 12.0 Å². The number of hydrogen-bond acceptors (Lipinski definition) is 3. The van der Waals surface area contributed by atoms with Gasteiger partial charge >= 0.3 is 0 Å². The highest BCUT2D eigenvalue weighted by Gasteiger charge is 2.24. The number of carbonyl (C=O) groups excluding carboxylic acids is 2. The molecule has 0 radical (unpaired) electrons. The van der Waals surface area contributed by atoms with Crippen molar-refractivity contribution in [2.45, 2.75) is 6.42 Å². The molecular weight excluding hydrogens is 254 g/mol. The van der Waals surface area contributed by atoms with Crippen LogP contribution in [0.3, 0.4) is 0 Å². The van der Waals surface area contributed by atoms with Gasteiger partial charge < -0.3 is 10.6 Å². The fraction of sp³-hybridized carbons (Fsp3) is 0.133. The zero-order valence-electron chi connectivity index (χ0n) is 11.0. The molecule has 2 N–H and O–H groups in total. The third kappa shape index (κ3) is 1.93. The lowest BCUT2D eigenvalue weighted by Crippen LogP contribution is -2.20. The lowest BCUT2D eigenvalue weighted by Gasteiger charge is -2.10. The molecule has 5 nitrogen and oxygen atoms in total. The summed E-state index contributed by atoms with van der Waals surface area (Å²) in [5.74, 6) is -0.420. The van der Waals surface area contributed by atoms with E-state index < -0.39 is 5.91 Å². The SMILES string of the molecule is CN1C(=O)Cc2cc(-c3cncc(C(N)=O)c3)ccc21. The number of nitrogens with zero attached hydrogens (tertiary/aromatic N) is 2. The Balaban J connectivity index is 2.04. The van der Waals surface area contributed by atoms with E-state index in [-0.39, 0.29) is 5.91 Å². The van der Waals surface area contributed by atoms with Gasteiger partial charge in [-0.2, -0.15) is 0 Å². The minimum absolute atomic E-state index is 0.0844. The van der Waals surface area contributed by atoms with Crippen LogP contribution in [0.15, 0.2) is 36.7 Å². The normalized spacial score (nSPS) is 13.4. The van der Waals surface area contributed by atoms with Crippen molar-refractivity contribution >= 4 is 17.5 Å². The number of primary amides is 1. The minimum Gasteiger partial charge on any atom is -0.366 e. The van der Waals surface area contributed by atoms with Crippen molar-refractivity contribution < 1.29 is 9.59 Å². The molecule has 0 aliphatic carbocycles. The van der Waals surface area contributed by atoms with Gasteiger partial charge in [0.25, 0.3) is 0 Å². The van der Waals surface area contributed by atoms with Crippen molar-refractivity contribution in [1.82, 2.24) is 4.98 Å². The van der Waals surface area contributed by atoms with Gasteiger partial charge in [-0.05, 0) is 29.3 Å². The molecule has 0 fully saturated rings. The number of benzene rings is 1. The summed E-state index contributed by atoms with van der Waals surface area (Å²) in [6.45, 7) is 0.